The van der Waals surface area contributed by atoms with Gasteiger partial charge in [-0.25, -0.2) is 4.79 Å². The van der Waals surface area contributed by atoms with Crippen LogP contribution in [0.3, 0.4) is 0 Å². The van der Waals surface area contributed by atoms with Crippen LogP contribution in [0.25, 0.3) is 0 Å². The Labute approximate surface area is 111 Å². The summed E-state index contributed by atoms with van der Waals surface area (Å²) in [4.78, 5) is 13.8. The van der Waals surface area contributed by atoms with Gasteiger partial charge in [0.15, 0.2) is 0 Å². The van der Waals surface area contributed by atoms with Gasteiger partial charge in [-0.15, -0.1) is 0 Å². The summed E-state index contributed by atoms with van der Waals surface area (Å²) in [5.74, 6) is 0. The average molecular weight is 259 g/mol. The smallest absolute Gasteiger partial charge is 0.410 e. The van der Waals surface area contributed by atoms with Gasteiger partial charge in [0.1, 0.15) is 5.60 Å². The molecular weight excluding hydrogens is 230 g/mol. The van der Waals surface area contributed by atoms with Gasteiger partial charge in [0.05, 0.1) is 6.10 Å². The van der Waals surface area contributed by atoms with E-state index in [1.165, 1.54) is 0 Å². The Morgan fingerprint density at radius 3 is 2.06 bits per heavy atom. The molecule has 0 heterocycles. The van der Waals surface area contributed by atoms with Crippen LogP contribution in [0.4, 0.5) is 4.79 Å². The van der Waals surface area contributed by atoms with Crippen LogP contribution in [0.15, 0.2) is 0 Å². The quantitative estimate of drug-likeness (QED) is 0.728. The van der Waals surface area contributed by atoms with Gasteiger partial charge in [-0.2, -0.15) is 0 Å². The van der Waals surface area contributed by atoms with E-state index < -0.39 is 0 Å². The Morgan fingerprint density at radius 1 is 1.22 bits per heavy atom. The summed E-state index contributed by atoms with van der Waals surface area (Å²) in [6.07, 6.45) is 2.43. The second kappa shape index (κ2) is 8.35. The third-order valence-electron chi connectivity index (χ3n) is 3.69. The fraction of sp³-hybridized carbons (Fsp3) is 0.929. The first kappa shape index (κ1) is 17.2. The van der Waals surface area contributed by atoms with Crippen LogP contribution in [-0.4, -0.2) is 40.9 Å². The zero-order chi connectivity index (χ0) is 14.2. The van der Waals surface area contributed by atoms with Crippen LogP contribution in [0.1, 0.15) is 60.3 Å². The minimum Gasteiger partial charge on any atom is -0.443 e. The lowest BCUT2D eigenvalue weighted by Gasteiger charge is -2.33. The second-order valence-corrected chi connectivity index (χ2v) is 4.83. The van der Waals surface area contributed by atoms with Crippen molar-refractivity contribution in [1.82, 2.24) is 4.90 Å². The molecule has 0 aliphatic rings. The SMILES string of the molecule is CCN(CCC(C)O)C(=O)OC(CC)(CC)CC. The summed E-state index contributed by atoms with van der Waals surface area (Å²) in [5, 5.41) is 9.27. The number of hydrogen-bond acceptors (Lipinski definition) is 3. The number of aliphatic hydroxyl groups is 1. The molecule has 0 aliphatic heterocycles. The predicted molar refractivity (Wildman–Crippen MR) is 73.6 cm³/mol. The van der Waals surface area contributed by atoms with Gasteiger partial charge >= 0.3 is 6.09 Å². The van der Waals surface area contributed by atoms with Crippen molar-refractivity contribution in [3.8, 4) is 0 Å². The summed E-state index contributed by atoms with van der Waals surface area (Å²) in [6, 6.07) is 0. The highest BCUT2D eigenvalue weighted by Gasteiger charge is 2.30. The molecule has 4 heteroatoms. The molecule has 0 radical (unpaired) electrons. The molecule has 1 N–H and O–H groups in total. The van der Waals surface area contributed by atoms with E-state index in [1.807, 2.05) is 27.7 Å². The molecule has 0 saturated heterocycles. The second-order valence-electron chi connectivity index (χ2n) is 4.83. The Bertz CT molecular complexity index is 229. The summed E-state index contributed by atoms with van der Waals surface area (Å²) < 4.78 is 5.68. The van der Waals surface area contributed by atoms with E-state index in [0.717, 1.165) is 19.3 Å². The van der Waals surface area contributed by atoms with Crippen LogP contribution >= 0.6 is 0 Å². The number of hydrogen-bond donors (Lipinski definition) is 1. The third-order valence-corrected chi connectivity index (χ3v) is 3.69. The molecule has 4 nitrogen and oxygen atoms in total. The van der Waals surface area contributed by atoms with Crippen LogP contribution in [0.5, 0.6) is 0 Å². The van der Waals surface area contributed by atoms with Gasteiger partial charge in [0, 0.05) is 13.1 Å². The van der Waals surface area contributed by atoms with E-state index in [1.54, 1.807) is 11.8 Å². The lowest BCUT2D eigenvalue weighted by atomic mass is 9.94. The minimum atomic E-state index is -0.389. The van der Waals surface area contributed by atoms with Crippen molar-refractivity contribution >= 4 is 6.09 Å². The average Bonchev–Trinajstić information content (AvgIpc) is 2.36. The molecule has 0 aromatic rings. The molecule has 0 bridgehead atoms. The van der Waals surface area contributed by atoms with Crippen molar-refractivity contribution in [1.29, 1.82) is 0 Å². The summed E-state index contributed by atoms with van der Waals surface area (Å²) in [7, 11) is 0. The first-order chi connectivity index (χ1) is 8.44. The van der Waals surface area contributed by atoms with E-state index >= 15 is 0 Å². The number of amides is 1. The number of aliphatic hydroxyl groups excluding tert-OH is 1. The highest BCUT2D eigenvalue weighted by Crippen LogP contribution is 2.25. The van der Waals surface area contributed by atoms with Crippen molar-refractivity contribution in [2.24, 2.45) is 0 Å². The summed E-state index contributed by atoms with van der Waals surface area (Å²) >= 11 is 0. The molecule has 0 fully saturated rings. The molecule has 18 heavy (non-hydrogen) atoms. The fourth-order valence-corrected chi connectivity index (χ4v) is 1.94. The molecule has 0 spiro atoms. The van der Waals surface area contributed by atoms with Gasteiger partial charge in [-0.05, 0) is 39.5 Å². The highest BCUT2D eigenvalue weighted by molar-refractivity contribution is 5.68. The molecule has 1 atom stereocenters. The van der Waals surface area contributed by atoms with Gasteiger partial charge < -0.3 is 14.7 Å². The van der Waals surface area contributed by atoms with E-state index in [2.05, 4.69) is 0 Å². The molecule has 108 valence electrons. The molecule has 0 saturated carbocycles. The number of nitrogens with zero attached hydrogens (tertiary/aromatic N) is 1. The first-order valence-corrected chi connectivity index (χ1v) is 7.10. The molecule has 1 unspecified atom stereocenters. The number of rotatable bonds is 8. The normalized spacial score (nSPS) is 13.2. The Hall–Kier alpha value is -0.770. The van der Waals surface area contributed by atoms with E-state index in [4.69, 9.17) is 4.74 Å². The lowest BCUT2D eigenvalue weighted by molar-refractivity contribution is -0.0186. The Balaban J connectivity index is 4.50. The van der Waals surface area contributed by atoms with Crippen molar-refractivity contribution in [2.45, 2.75) is 72.0 Å². The zero-order valence-electron chi connectivity index (χ0n) is 12.5. The minimum absolute atomic E-state index is 0.260. The van der Waals surface area contributed by atoms with Crippen LogP contribution in [0.2, 0.25) is 0 Å². The molecule has 0 rings (SSSR count). The maximum absolute atomic E-state index is 12.1. The van der Waals surface area contributed by atoms with Crippen LogP contribution in [-0.2, 0) is 4.74 Å². The third kappa shape index (κ3) is 5.25. The predicted octanol–water partition coefficient (Wildman–Crippen LogP) is 3.18. The molecule has 0 aromatic carbocycles. The Morgan fingerprint density at radius 2 is 1.72 bits per heavy atom. The number of carbonyl (C=O) groups excluding carboxylic acids is 1. The topological polar surface area (TPSA) is 49.8 Å². The molecule has 1 amide bonds. The maximum atomic E-state index is 12.1. The van der Waals surface area contributed by atoms with E-state index in [9.17, 15) is 9.90 Å². The highest BCUT2D eigenvalue weighted by atomic mass is 16.6. The number of ether oxygens (including phenoxy) is 1. The standard InChI is InChI=1S/C14H29NO3/c1-6-14(7-2,8-3)18-13(17)15(9-4)11-10-12(5)16/h12,16H,6-11H2,1-5H3. The van der Waals surface area contributed by atoms with Crippen molar-refractivity contribution in [3.05, 3.63) is 0 Å². The van der Waals surface area contributed by atoms with Crippen molar-refractivity contribution in [2.75, 3.05) is 13.1 Å². The zero-order valence-corrected chi connectivity index (χ0v) is 12.5. The summed E-state index contributed by atoms with van der Waals surface area (Å²) in [6.45, 7) is 11.0. The molecular formula is C14H29NO3. The van der Waals surface area contributed by atoms with E-state index in [0.29, 0.717) is 19.5 Å². The number of carbonyl (C=O) groups is 1. The van der Waals surface area contributed by atoms with Gasteiger partial charge in [-0.3, -0.25) is 0 Å². The lowest BCUT2D eigenvalue weighted by Crippen LogP contribution is -2.41. The van der Waals surface area contributed by atoms with Gasteiger partial charge in [0.25, 0.3) is 0 Å². The first-order valence-electron chi connectivity index (χ1n) is 7.10. The van der Waals surface area contributed by atoms with Crippen molar-refractivity contribution in [3.63, 3.8) is 0 Å². The van der Waals surface area contributed by atoms with Crippen LogP contribution < -0.4 is 0 Å². The van der Waals surface area contributed by atoms with Crippen molar-refractivity contribution < 1.29 is 14.6 Å². The molecule has 0 aliphatic carbocycles. The van der Waals surface area contributed by atoms with Gasteiger partial charge in [0.2, 0.25) is 0 Å². The largest absolute Gasteiger partial charge is 0.443 e. The maximum Gasteiger partial charge on any atom is 0.410 e. The Kier molecular flexibility index (Phi) is 8.00. The summed E-state index contributed by atoms with van der Waals surface area (Å²) in [5.41, 5.74) is -0.338. The van der Waals surface area contributed by atoms with E-state index in [-0.39, 0.29) is 17.8 Å². The monoisotopic (exact) mass is 259 g/mol. The molecule has 0 aromatic heterocycles. The fourth-order valence-electron chi connectivity index (χ4n) is 1.94. The van der Waals surface area contributed by atoms with Crippen LogP contribution in [0, 0.1) is 0 Å². The van der Waals surface area contributed by atoms with Gasteiger partial charge in [-0.1, -0.05) is 20.8 Å².